The largest absolute Gasteiger partial charge is 0.383 e. The van der Waals surface area contributed by atoms with E-state index in [4.69, 9.17) is 23.2 Å². The second kappa shape index (κ2) is 11.3. The Morgan fingerprint density at radius 1 is 0.824 bits per heavy atom. The Bertz CT molecular complexity index is 1200. The van der Waals surface area contributed by atoms with Crippen LogP contribution in [0.1, 0.15) is 60.8 Å². The third-order valence-electron chi connectivity index (χ3n) is 5.10. The number of nitriles is 1. The maximum absolute atomic E-state index is 13.4. The molecule has 34 heavy (non-hydrogen) atoms. The predicted molar refractivity (Wildman–Crippen MR) is 141 cm³/mol. The van der Waals surface area contributed by atoms with Crippen LogP contribution < -0.4 is 16.0 Å². The molecule has 1 unspecified atom stereocenters. The highest BCUT2D eigenvalue weighted by Crippen LogP contribution is 2.32. The number of benzene rings is 3. The molecule has 3 aromatic rings. The standard InChI is InChI=1S/C27H28Cl2N4O/c1-16(2)31-24-13-19(5-6-20(24)15-30)27(34)33-26(18-7-9-21(28)10-8-18)23-12-11-22(29)14-25(23)32-17(3)4/h5-14,16-17,26,31-32H,1-4H3,(H,33,34). The lowest BCUT2D eigenvalue weighted by Crippen LogP contribution is -2.30. The van der Waals surface area contributed by atoms with Gasteiger partial charge in [0, 0.05) is 38.9 Å². The van der Waals surface area contributed by atoms with Gasteiger partial charge in [-0.3, -0.25) is 4.79 Å². The van der Waals surface area contributed by atoms with Crippen LogP contribution in [0, 0.1) is 11.3 Å². The van der Waals surface area contributed by atoms with Gasteiger partial charge < -0.3 is 16.0 Å². The lowest BCUT2D eigenvalue weighted by atomic mass is 9.96. The van der Waals surface area contributed by atoms with E-state index in [1.165, 1.54) is 0 Å². The monoisotopic (exact) mass is 494 g/mol. The molecule has 0 fully saturated rings. The quantitative estimate of drug-likeness (QED) is 0.314. The van der Waals surface area contributed by atoms with E-state index in [1.807, 2.05) is 58.0 Å². The van der Waals surface area contributed by atoms with E-state index in [0.29, 0.717) is 26.9 Å². The molecule has 0 aliphatic rings. The fourth-order valence-electron chi connectivity index (χ4n) is 3.64. The molecule has 0 aliphatic carbocycles. The van der Waals surface area contributed by atoms with E-state index in [9.17, 15) is 10.1 Å². The molecule has 1 atom stereocenters. The van der Waals surface area contributed by atoms with Crippen LogP contribution in [-0.2, 0) is 0 Å². The van der Waals surface area contributed by atoms with Crippen LogP contribution in [0.25, 0.3) is 0 Å². The van der Waals surface area contributed by atoms with Crippen molar-refractivity contribution in [2.24, 2.45) is 0 Å². The highest BCUT2D eigenvalue weighted by Gasteiger charge is 2.22. The zero-order chi connectivity index (χ0) is 24.8. The Hall–Kier alpha value is -3.20. The summed E-state index contributed by atoms with van der Waals surface area (Å²) >= 11 is 12.4. The van der Waals surface area contributed by atoms with Crippen LogP contribution in [0.4, 0.5) is 11.4 Å². The number of nitrogens with one attached hydrogen (secondary N) is 3. The molecule has 0 aromatic heterocycles. The average molecular weight is 495 g/mol. The minimum atomic E-state index is -0.458. The van der Waals surface area contributed by atoms with Gasteiger partial charge in [0.05, 0.1) is 17.3 Å². The minimum Gasteiger partial charge on any atom is -0.383 e. The number of halogens is 2. The first-order chi connectivity index (χ1) is 16.2. The van der Waals surface area contributed by atoms with Gasteiger partial charge in [0.1, 0.15) is 6.07 Å². The second-order valence-electron chi connectivity index (χ2n) is 8.66. The van der Waals surface area contributed by atoms with E-state index in [-0.39, 0.29) is 18.0 Å². The first-order valence-electron chi connectivity index (χ1n) is 11.1. The summed E-state index contributed by atoms with van der Waals surface area (Å²) in [6.07, 6.45) is 0. The molecule has 0 saturated carbocycles. The zero-order valence-electron chi connectivity index (χ0n) is 19.6. The number of hydrogen-bond donors (Lipinski definition) is 3. The van der Waals surface area contributed by atoms with Gasteiger partial charge in [0.25, 0.3) is 5.91 Å². The van der Waals surface area contributed by atoms with Crippen LogP contribution in [-0.4, -0.2) is 18.0 Å². The van der Waals surface area contributed by atoms with Crippen LogP contribution in [0.3, 0.4) is 0 Å². The number of carbonyl (C=O) groups excluding carboxylic acids is 1. The molecular formula is C27H28Cl2N4O. The van der Waals surface area contributed by atoms with E-state index < -0.39 is 6.04 Å². The number of amides is 1. The fraction of sp³-hybridized carbons (Fsp3) is 0.259. The summed E-state index contributed by atoms with van der Waals surface area (Å²) in [4.78, 5) is 13.4. The Labute approximate surface area is 211 Å². The first kappa shape index (κ1) is 25.4. The van der Waals surface area contributed by atoms with E-state index in [0.717, 1.165) is 16.8 Å². The molecule has 0 bridgehead atoms. The van der Waals surface area contributed by atoms with Gasteiger partial charge in [-0.25, -0.2) is 0 Å². The third kappa shape index (κ3) is 6.44. The van der Waals surface area contributed by atoms with E-state index >= 15 is 0 Å². The molecule has 7 heteroatoms. The summed E-state index contributed by atoms with van der Waals surface area (Å²) in [7, 11) is 0. The molecule has 0 heterocycles. The Morgan fingerprint density at radius 3 is 2.06 bits per heavy atom. The van der Waals surface area contributed by atoms with Crippen molar-refractivity contribution in [2.75, 3.05) is 10.6 Å². The van der Waals surface area contributed by atoms with Crippen LogP contribution in [0.15, 0.2) is 60.7 Å². The second-order valence-corrected chi connectivity index (χ2v) is 9.53. The van der Waals surface area contributed by atoms with Gasteiger partial charge in [-0.1, -0.05) is 41.4 Å². The Kier molecular flexibility index (Phi) is 8.44. The SMILES string of the molecule is CC(C)Nc1cc(C(=O)NC(c2ccc(Cl)cc2)c2ccc(Cl)cc2NC(C)C)ccc1C#N. The summed E-state index contributed by atoms with van der Waals surface area (Å²) in [6, 6.07) is 20.0. The van der Waals surface area contributed by atoms with Gasteiger partial charge in [0.15, 0.2) is 0 Å². The van der Waals surface area contributed by atoms with Crippen molar-refractivity contribution in [3.63, 3.8) is 0 Å². The van der Waals surface area contributed by atoms with Crippen molar-refractivity contribution in [2.45, 2.75) is 45.8 Å². The van der Waals surface area contributed by atoms with Gasteiger partial charge >= 0.3 is 0 Å². The first-order valence-corrected chi connectivity index (χ1v) is 11.9. The fourth-order valence-corrected chi connectivity index (χ4v) is 3.94. The van der Waals surface area contributed by atoms with Crippen LogP contribution in [0.5, 0.6) is 0 Å². The predicted octanol–water partition coefficient (Wildman–Crippen LogP) is 7.03. The number of rotatable bonds is 8. The highest BCUT2D eigenvalue weighted by molar-refractivity contribution is 6.31. The van der Waals surface area contributed by atoms with Crippen molar-refractivity contribution in [1.29, 1.82) is 5.26 Å². The molecule has 0 saturated heterocycles. The summed E-state index contributed by atoms with van der Waals surface area (Å²) in [6.45, 7) is 8.05. The molecule has 3 N–H and O–H groups in total. The Morgan fingerprint density at radius 2 is 1.44 bits per heavy atom. The van der Waals surface area contributed by atoms with Gasteiger partial charge in [-0.2, -0.15) is 5.26 Å². The molecule has 0 aliphatic heterocycles. The maximum Gasteiger partial charge on any atom is 0.252 e. The summed E-state index contributed by atoms with van der Waals surface area (Å²) in [5, 5.41) is 20.5. The smallest absolute Gasteiger partial charge is 0.252 e. The number of nitrogens with zero attached hydrogens (tertiary/aromatic N) is 1. The molecule has 0 spiro atoms. The lowest BCUT2D eigenvalue weighted by molar-refractivity contribution is 0.0943. The van der Waals surface area contributed by atoms with E-state index in [2.05, 4.69) is 22.0 Å². The minimum absolute atomic E-state index is 0.117. The highest BCUT2D eigenvalue weighted by atomic mass is 35.5. The molecule has 3 rings (SSSR count). The summed E-state index contributed by atoms with van der Waals surface area (Å²) < 4.78 is 0. The molecular weight excluding hydrogens is 467 g/mol. The van der Waals surface area contributed by atoms with Crippen molar-refractivity contribution in [3.05, 3.63) is 93.0 Å². The van der Waals surface area contributed by atoms with Crippen LogP contribution >= 0.6 is 23.2 Å². The van der Waals surface area contributed by atoms with E-state index in [1.54, 1.807) is 30.3 Å². The summed E-state index contributed by atoms with van der Waals surface area (Å²) in [5.41, 5.74) is 4.16. The summed E-state index contributed by atoms with van der Waals surface area (Å²) in [5.74, 6) is -0.262. The third-order valence-corrected chi connectivity index (χ3v) is 5.58. The van der Waals surface area contributed by atoms with Crippen molar-refractivity contribution in [3.8, 4) is 6.07 Å². The van der Waals surface area contributed by atoms with Crippen molar-refractivity contribution >= 4 is 40.5 Å². The van der Waals surface area contributed by atoms with Crippen molar-refractivity contribution in [1.82, 2.24) is 5.32 Å². The lowest BCUT2D eigenvalue weighted by Gasteiger charge is -2.25. The molecule has 5 nitrogen and oxygen atoms in total. The molecule has 1 amide bonds. The molecule has 0 radical (unpaired) electrons. The van der Waals surface area contributed by atoms with Crippen molar-refractivity contribution < 1.29 is 4.79 Å². The molecule has 3 aromatic carbocycles. The van der Waals surface area contributed by atoms with Gasteiger partial charge in [-0.05, 0) is 75.7 Å². The average Bonchev–Trinajstić information content (AvgIpc) is 2.77. The van der Waals surface area contributed by atoms with Gasteiger partial charge in [-0.15, -0.1) is 0 Å². The van der Waals surface area contributed by atoms with Gasteiger partial charge in [0.2, 0.25) is 0 Å². The maximum atomic E-state index is 13.4. The number of carbonyl (C=O) groups is 1. The van der Waals surface area contributed by atoms with Crippen LogP contribution in [0.2, 0.25) is 10.0 Å². The normalized spacial score (nSPS) is 11.7. The zero-order valence-corrected chi connectivity index (χ0v) is 21.1. The number of hydrogen-bond acceptors (Lipinski definition) is 4. The molecule has 176 valence electrons. The number of anilines is 2. The topological polar surface area (TPSA) is 77.0 Å². The Balaban J connectivity index is 2.04.